The maximum absolute atomic E-state index is 12.2. The van der Waals surface area contributed by atoms with Crippen LogP contribution in [0.1, 0.15) is 6.42 Å². The van der Waals surface area contributed by atoms with E-state index in [9.17, 15) is 14.7 Å². The Bertz CT molecular complexity index is 421. The van der Waals surface area contributed by atoms with Gasteiger partial charge in [0.15, 0.2) is 0 Å². The number of carboxylic acids is 1. The van der Waals surface area contributed by atoms with E-state index in [1.54, 1.807) is 7.05 Å². The Kier molecular flexibility index (Phi) is 2.93. The van der Waals surface area contributed by atoms with Crippen molar-refractivity contribution in [1.82, 2.24) is 4.90 Å². The lowest BCUT2D eigenvalue weighted by Crippen LogP contribution is -2.41. The lowest BCUT2D eigenvalue weighted by Gasteiger charge is -2.27. The van der Waals surface area contributed by atoms with E-state index in [0.29, 0.717) is 0 Å². The molecule has 2 bridgehead atoms. The first-order valence-corrected chi connectivity index (χ1v) is 5.65. The monoisotopic (exact) mass is 233 g/mol. The predicted octanol–water partition coefficient (Wildman–Crippen LogP) is 0.601. The number of hydrogen-bond donors (Lipinski definition) is 1. The van der Waals surface area contributed by atoms with E-state index in [-0.39, 0.29) is 24.3 Å². The number of hydrogen-bond acceptors (Lipinski definition) is 2. The van der Waals surface area contributed by atoms with Crippen molar-refractivity contribution in [3.63, 3.8) is 0 Å². The molecule has 2 unspecified atom stereocenters. The summed E-state index contributed by atoms with van der Waals surface area (Å²) >= 11 is 0. The fraction of sp³-hybridized carbons (Fsp3) is 0.538. The highest BCUT2D eigenvalue weighted by Gasteiger charge is 2.52. The average molecular weight is 233 g/mol. The minimum atomic E-state index is -0.880. The lowest BCUT2D eigenvalue weighted by atomic mass is 9.82. The Morgan fingerprint density at radius 3 is 2.53 bits per heavy atom. The van der Waals surface area contributed by atoms with E-state index in [0.717, 1.165) is 6.42 Å². The van der Waals surface area contributed by atoms with Gasteiger partial charge in [0.05, 0.1) is 18.4 Å². The van der Waals surface area contributed by atoms with Crippen molar-refractivity contribution in [2.45, 2.75) is 6.42 Å². The molecule has 2 aliphatic carbocycles. The van der Waals surface area contributed by atoms with Crippen LogP contribution < -0.4 is 0 Å². The second kappa shape index (κ2) is 4.25. The molecule has 1 fully saturated rings. The summed E-state index contributed by atoms with van der Waals surface area (Å²) in [7, 11) is 1.62. The molecule has 4 nitrogen and oxygen atoms in total. The molecule has 0 aromatic heterocycles. The summed E-state index contributed by atoms with van der Waals surface area (Å²) in [5.74, 6) is 0.413. The van der Waals surface area contributed by atoms with Gasteiger partial charge < -0.3 is 10.0 Å². The number of aliphatic carboxylic acids is 1. The van der Waals surface area contributed by atoms with E-state index in [2.05, 4.69) is 5.92 Å². The molecule has 2 aliphatic rings. The largest absolute Gasteiger partial charge is 0.481 e. The van der Waals surface area contributed by atoms with Gasteiger partial charge in [0, 0.05) is 7.05 Å². The fourth-order valence-corrected chi connectivity index (χ4v) is 2.96. The Morgan fingerprint density at radius 2 is 2.00 bits per heavy atom. The van der Waals surface area contributed by atoms with Crippen LogP contribution in [0.4, 0.5) is 0 Å². The van der Waals surface area contributed by atoms with Crippen molar-refractivity contribution in [2.75, 3.05) is 13.6 Å². The van der Waals surface area contributed by atoms with Crippen LogP contribution in [0.25, 0.3) is 0 Å². The van der Waals surface area contributed by atoms with Gasteiger partial charge in [-0.1, -0.05) is 18.1 Å². The van der Waals surface area contributed by atoms with Crippen LogP contribution in [0.15, 0.2) is 12.2 Å². The van der Waals surface area contributed by atoms with Crippen molar-refractivity contribution >= 4 is 11.9 Å². The van der Waals surface area contributed by atoms with Crippen molar-refractivity contribution in [1.29, 1.82) is 0 Å². The van der Waals surface area contributed by atoms with Crippen LogP contribution in [0, 0.1) is 36.0 Å². The molecule has 2 rings (SSSR count). The fourth-order valence-electron chi connectivity index (χ4n) is 2.96. The summed E-state index contributed by atoms with van der Waals surface area (Å²) in [6.07, 6.45) is 9.83. The second-order valence-corrected chi connectivity index (χ2v) is 4.74. The average Bonchev–Trinajstić information content (AvgIpc) is 2.87. The van der Waals surface area contributed by atoms with Crippen molar-refractivity contribution in [3.05, 3.63) is 12.2 Å². The Labute approximate surface area is 100 Å². The summed E-state index contributed by atoms with van der Waals surface area (Å²) < 4.78 is 0. The number of rotatable bonds is 3. The molecular weight excluding hydrogens is 218 g/mol. The zero-order chi connectivity index (χ0) is 12.6. The molecule has 0 radical (unpaired) electrons. The number of carbonyl (C=O) groups is 2. The number of allylic oxidation sites excluding steroid dienone is 2. The smallest absolute Gasteiger partial charge is 0.307 e. The molecule has 0 aliphatic heterocycles. The summed E-state index contributed by atoms with van der Waals surface area (Å²) in [5, 5.41) is 9.22. The molecule has 4 heteroatoms. The molecule has 17 heavy (non-hydrogen) atoms. The maximum Gasteiger partial charge on any atom is 0.307 e. The molecule has 90 valence electrons. The van der Waals surface area contributed by atoms with E-state index in [4.69, 9.17) is 6.42 Å². The lowest BCUT2D eigenvalue weighted by molar-refractivity contribution is -0.150. The molecular formula is C13H15NO3. The van der Waals surface area contributed by atoms with Gasteiger partial charge in [-0.25, -0.2) is 0 Å². The van der Waals surface area contributed by atoms with E-state index < -0.39 is 17.8 Å². The third-order valence-electron chi connectivity index (χ3n) is 3.73. The van der Waals surface area contributed by atoms with Crippen LogP contribution in [-0.2, 0) is 9.59 Å². The third kappa shape index (κ3) is 1.82. The molecule has 1 N–H and O–H groups in total. The summed E-state index contributed by atoms with van der Waals surface area (Å²) in [4.78, 5) is 24.9. The third-order valence-corrected chi connectivity index (χ3v) is 3.73. The van der Waals surface area contributed by atoms with Crippen LogP contribution >= 0.6 is 0 Å². The summed E-state index contributed by atoms with van der Waals surface area (Å²) in [5.41, 5.74) is 0. The number of terminal acetylenes is 1. The molecule has 0 heterocycles. The zero-order valence-electron chi connectivity index (χ0n) is 9.67. The maximum atomic E-state index is 12.2. The van der Waals surface area contributed by atoms with Crippen LogP contribution in [-0.4, -0.2) is 35.5 Å². The molecule has 0 saturated heterocycles. The first-order chi connectivity index (χ1) is 8.06. The first kappa shape index (κ1) is 11.7. The minimum absolute atomic E-state index is 0.00526. The van der Waals surface area contributed by atoms with Crippen LogP contribution in [0.5, 0.6) is 0 Å². The molecule has 1 saturated carbocycles. The van der Waals surface area contributed by atoms with Gasteiger partial charge in [-0.2, -0.15) is 0 Å². The molecule has 0 aromatic rings. The Morgan fingerprint density at radius 1 is 1.41 bits per heavy atom. The van der Waals surface area contributed by atoms with Crippen molar-refractivity contribution < 1.29 is 14.7 Å². The quantitative estimate of drug-likeness (QED) is 0.573. The van der Waals surface area contributed by atoms with E-state index >= 15 is 0 Å². The number of carbonyl (C=O) groups excluding carboxylic acids is 1. The second-order valence-electron chi connectivity index (χ2n) is 4.74. The predicted molar refractivity (Wildman–Crippen MR) is 61.8 cm³/mol. The molecule has 4 atom stereocenters. The number of fused-ring (bicyclic) bond motifs is 2. The number of carboxylic acid groups (broad SMARTS) is 1. The zero-order valence-corrected chi connectivity index (χ0v) is 9.67. The highest BCUT2D eigenvalue weighted by atomic mass is 16.4. The van der Waals surface area contributed by atoms with Gasteiger partial charge in [0.25, 0.3) is 0 Å². The standard InChI is InChI=1S/C13H15NO3/c1-3-6-14(2)12(15)10-8-4-5-9(7-8)11(10)13(16)17/h1,4-5,8-11H,6-7H2,2H3,(H,16,17)/t8?,9?,10-,11+/m0/s1. The molecule has 0 spiro atoms. The van der Waals surface area contributed by atoms with Gasteiger partial charge in [-0.15, -0.1) is 6.42 Å². The Balaban J connectivity index is 2.20. The first-order valence-electron chi connectivity index (χ1n) is 5.65. The van der Waals surface area contributed by atoms with Crippen LogP contribution in [0.3, 0.4) is 0 Å². The van der Waals surface area contributed by atoms with Gasteiger partial charge in [-0.3, -0.25) is 9.59 Å². The van der Waals surface area contributed by atoms with Gasteiger partial charge in [-0.05, 0) is 18.3 Å². The highest BCUT2D eigenvalue weighted by molar-refractivity contribution is 5.86. The van der Waals surface area contributed by atoms with Gasteiger partial charge in [0.1, 0.15) is 0 Å². The van der Waals surface area contributed by atoms with Crippen molar-refractivity contribution in [3.8, 4) is 12.3 Å². The highest BCUT2D eigenvalue weighted by Crippen LogP contribution is 2.48. The Hall–Kier alpha value is -1.76. The number of nitrogens with zero attached hydrogens (tertiary/aromatic N) is 1. The van der Waals surface area contributed by atoms with Gasteiger partial charge >= 0.3 is 5.97 Å². The summed E-state index contributed by atoms with van der Waals surface area (Å²) in [6, 6.07) is 0. The SMILES string of the molecule is C#CCN(C)C(=O)[C@H]1C2C=CC(C2)[C@H]1C(=O)O. The molecule has 0 aromatic carbocycles. The minimum Gasteiger partial charge on any atom is -0.481 e. The number of amides is 1. The van der Waals surface area contributed by atoms with Crippen LogP contribution in [0.2, 0.25) is 0 Å². The normalized spacial score (nSPS) is 33.4. The summed E-state index contributed by atoms with van der Waals surface area (Å²) in [6.45, 7) is 0.225. The molecule has 1 amide bonds. The van der Waals surface area contributed by atoms with E-state index in [1.807, 2.05) is 12.2 Å². The van der Waals surface area contributed by atoms with Gasteiger partial charge in [0.2, 0.25) is 5.91 Å². The topological polar surface area (TPSA) is 57.6 Å². The van der Waals surface area contributed by atoms with E-state index in [1.165, 1.54) is 4.90 Å². The van der Waals surface area contributed by atoms with Crippen molar-refractivity contribution in [2.24, 2.45) is 23.7 Å².